The average molecular weight is 228 g/mol. The summed E-state index contributed by atoms with van der Waals surface area (Å²) < 4.78 is 0. The molecule has 0 aromatic heterocycles. The van der Waals surface area contributed by atoms with E-state index in [0.29, 0.717) is 15.7 Å². The number of nitrogens with zero attached hydrogens (tertiary/aromatic N) is 1. The van der Waals surface area contributed by atoms with E-state index in [-0.39, 0.29) is 5.41 Å². The second-order valence-electron chi connectivity index (χ2n) is 4.12. The highest BCUT2D eigenvalue weighted by molar-refractivity contribution is 6.44. The maximum atomic E-state index is 6.89. The number of hydrogen-bond acceptors (Lipinski definition) is 0. The molecule has 0 spiro atoms. The van der Waals surface area contributed by atoms with Crippen LogP contribution in [0.25, 0.3) is 4.85 Å². The summed E-state index contributed by atoms with van der Waals surface area (Å²) in [7, 11) is 0. The highest BCUT2D eigenvalue weighted by atomic mass is 35.5. The Kier molecular flexibility index (Phi) is 3.09. The zero-order valence-corrected chi connectivity index (χ0v) is 9.87. The summed E-state index contributed by atoms with van der Waals surface area (Å²) in [6.45, 7) is 13.1. The van der Waals surface area contributed by atoms with Gasteiger partial charge in [-0.1, -0.05) is 56.1 Å². The molecule has 74 valence electrons. The lowest BCUT2D eigenvalue weighted by atomic mass is 9.87. The number of benzene rings is 1. The van der Waals surface area contributed by atoms with E-state index in [1.54, 1.807) is 6.07 Å². The molecule has 0 unspecified atom stereocenters. The van der Waals surface area contributed by atoms with Crippen molar-refractivity contribution in [1.29, 1.82) is 0 Å². The SMILES string of the molecule is [C-]#[N+]c1ccc(C(C)(C)C)c(Cl)c1Cl. The molecule has 0 fully saturated rings. The van der Waals surface area contributed by atoms with Crippen LogP contribution < -0.4 is 0 Å². The summed E-state index contributed by atoms with van der Waals surface area (Å²) in [5.41, 5.74) is 1.32. The van der Waals surface area contributed by atoms with E-state index in [9.17, 15) is 0 Å². The normalized spacial score (nSPS) is 11.1. The van der Waals surface area contributed by atoms with Crippen molar-refractivity contribution in [3.8, 4) is 0 Å². The monoisotopic (exact) mass is 227 g/mol. The van der Waals surface area contributed by atoms with Crippen molar-refractivity contribution in [3.05, 3.63) is 39.2 Å². The Morgan fingerprint density at radius 3 is 2.14 bits per heavy atom. The van der Waals surface area contributed by atoms with E-state index in [2.05, 4.69) is 25.6 Å². The molecule has 14 heavy (non-hydrogen) atoms. The zero-order valence-electron chi connectivity index (χ0n) is 8.36. The van der Waals surface area contributed by atoms with Gasteiger partial charge in [-0.05, 0) is 11.0 Å². The van der Waals surface area contributed by atoms with Gasteiger partial charge >= 0.3 is 0 Å². The van der Waals surface area contributed by atoms with Gasteiger partial charge in [0.2, 0.25) is 5.69 Å². The minimum atomic E-state index is -0.0543. The molecule has 1 rings (SSSR count). The Morgan fingerprint density at radius 1 is 1.14 bits per heavy atom. The highest BCUT2D eigenvalue weighted by Crippen LogP contribution is 2.39. The van der Waals surface area contributed by atoms with Crippen LogP contribution in [0.4, 0.5) is 5.69 Å². The van der Waals surface area contributed by atoms with Crippen molar-refractivity contribution >= 4 is 28.9 Å². The van der Waals surface area contributed by atoms with Gasteiger partial charge in [-0.25, -0.2) is 4.85 Å². The number of halogens is 2. The first kappa shape index (κ1) is 11.4. The van der Waals surface area contributed by atoms with Crippen LogP contribution in [0.2, 0.25) is 10.0 Å². The molecule has 0 saturated heterocycles. The van der Waals surface area contributed by atoms with Gasteiger partial charge in [0.25, 0.3) is 0 Å². The van der Waals surface area contributed by atoms with Crippen LogP contribution in [0.15, 0.2) is 12.1 Å². The fourth-order valence-corrected chi connectivity index (χ4v) is 1.86. The molecule has 0 heterocycles. The van der Waals surface area contributed by atoms with Gasteiger partial charge in [0.05, 0.1) is 16.6 Å². The van der Waals surface area contributed by atoms with E-state index >= 15 is 0 Å². The molecule has 0 aliphatic carbocycles. The minimum Gasteiger partial charge on any atom is -0.237 e. The molecule has 0 N–H and O–H groups in total. The summed E-state index contributed by atoms with van der Waals surface area (Å²) in [6.07, 6.45) is 0. The molecule has 0 bridgehead atoms. The maximum Gasteiger partial charge on any atom is 0.206 e. The zero-order chi connectivity index (χ0) is 10.9. The smallest absolute Gasteiger partial charge is 0.206 e. The lowest BCUT2D eigenvalue weighted by Crippen LogP contribution is -2.11. The van der Waals surface area contributed by atoms with Crippen molar-refractivity contribution in [2.24, 2.45) is 0 Å². The fraction of sp³-hybridized carbons (Fsp3) is 0.364. The standard InChI is InChI=1S/C11H11Cl2N/c1-11(2,3)7-5-6-8(14-4)10(13)9(7)12/h5-6H,1-3H3. The first-order chi connectivity index (χ1) is 6.38. The maximum absolute atomic E-state index is 6.89. The third-order valence-electron chi connectivity index (χ3n) is 1.99. The van der Waals surface area contributed by atoms with Gasteiger partial charge in [-0.2, -0.15) is 0 Å². The summed E-state index contributed by atoms with van der Waals surface area (Å²) in [6, 6.07) is 3.57. The Hall–Kier alpha value is -0.710. The number of hydrogen-bond donors (Lipinski definition) is 0. The molecule has 1 aromatic carbocycles. The van der Waals surface area contributed by atoms with E-state index in [4.69, 9.17) is 29.8 Å². The second kappa shape index (κ2) is 3.81. The van der Waals surface area contributed by atoms with Crippen LogP contribution in [-0.2, 0) is 5.41 Å². The predicted octanol–water partition coefficient (Wildman–Crippen LogP) is 4.84. The van der Waals surface area contributed by atoms with E-state index in [0.717, 1.165) is 5.56 Å². The van der Waals surface area contributed by atoms with Crippen LogP contribution in [0.3, 0.4) is 0 Å². The van der Waals surface area contributed by atoms with Crippen molar-refractivity contribution in [1.82, 2.24) is 0 Å². The Morgan fingerprint density at radius 2 is 1.71 bits per heavy atom. The fourth-order valence-electron chi connectivity index (χ4n) is 1.20. The number of rotatable bonds is 0. The largest absolute Gasteiger partial charge is 0.237 e. The summed E-state index contributed by atoms with van der Waals surface area (Å²) in [5, 5.41) is 0.849. The summed E-state index contributed by atoms with van der Waals surface area (Å²) in [4.78, 5) is 3.29. The molecule has 0 saturated carbocycles. The molecular formula is C11H11Cl2N. The van der Waals surface area contributed by atoms with Gasteiger partial charge < -0.3 is 0 Å². The summed E-state index contributed by atoms with van der Waals surface area (Å²) in [5.74, 6) is 0. The van der Waals surface area contributed by atoms with Gasteiger partial charge in [-0.15, -0.1) is 0 Å². The van der Waals surface area contributed by atoms with Crippen molar-refractivity contribution in [3.63, 3.8) is 0 Å². The van der Waals surface area contributed by atoms with Gasteiger partial charge in [0.1, 0.15) is 0 Å². The molecule has 0 atom stereocenters. The molecule has 3 heteroatoms. The average Bonchev–Trinajstić information content (AvgIpc) is 2.07. The van der Waals surface area contributed by atoms with Crippen molar-refractivity contribution < 1.29 is 0 Å². The van der Waals surface area contributed by atoms with Crippen molar-refractivity contribution in [2.45, 2.75) is 26.2 Å². The Bertz CT molecular complexity index is 397. The molecule has 0 radical (unpaired) electrons. The van der Waals surface area contributed by atoms with Crippen LogP contribution in [0, 0.1) is 6.57 Å². The third kappa shape index (κ3) is 2.03. The van der Waals surface area contributed by atoms with Crippen LogP contribution in [0.5, 0.6) is 0 Å². The quantitative estimate of drug-likeness (QED) is 0.559. The van der Waals surface area contributed by atoms with Crippen LogP contribution >= 0.6 is 23.2 Å². The minimum absolute atomic E-state index is 0.0543. The topological polar surface area (TPSA) is 4.36 Å². The molecule has 0 aliphatic heterocycles. The van der Waals surface area contributed by atoms with E-state index in [1.165, 1.54) is 0 Å². The summed E-state index contributed by atoms with van der Waals surface area (Å²) >= 11 is 12.0. The Labute approximate surface area is 94.5 Å². The molecule has 0 aliphatic rings. The molecule has 1 aromatic rings. The third-order valence-corrected chi connectivity index (χ3v) is 2.86. The van der Waals surface area contributed by atoms with Crippen LogP contribution in [0.1, 0.15) is 26.3 Å². The molecule has 1 nitrogen and oxygen atoms in total. The molecule has 0 amide bonds. The highest BCUT2D eigenvalue weighted by Gasteiger charge is 2.20. The van der Waals surface area contributed by atoms with Crippen molar-refractivity contribution in [2.75, 3.05) is 0 Å². The van der Waals surface area contributed by atoms with E-state index in [1.807, 2.05) is 6.07 Å². The van der Waals surface area contributed by atoms with Gasteiger partial charge in [0.15, 0.2) is 0 Å². The van der Waals surface area contributed by atoms with Gasteiger partial charge in [-0.3, -0.25) is 0 Å². The van der Waals surface area contributed by atoms with Crippen LogP contribution in [-0.4, -0.2) is 0 Å². The lowest BCUT2D eigenvalue weighted by Gasteiger charge is -2.21. The van der Waals surface area contributed by atoms with Gasteiger partial charge in [0, 0.05) is 0 Å². The second-order valence-corrected chi connectivity index (χ2v) is 4.88. The Balaban J connectivity index is 3.41. The predicted molar refractivity (Wildman–Crippen MR) is 61.4 cm³/mol. The first-order valence-electron chi connectivity index (χ1n) is 4.24. The lowest BCUT2D eigenvalue weighted by molar-refractivity contribution is 0.590. The molecular weight excluding hydrogens is 217 g/mol. The first-order valence-corrected chi connectivity index (χ1v) is 4.99. The van der Waals surface area contributed by atoms with E-state index < -0.39 is 0 Å².